The fraction of sp³-hybridized carbons (Fsp3) is 0.747. The summed E-state index contributed by atoms with van der Waals surface area (Å²) in [5.74, 6) is -0.256. The van der Waals surface area contributed by atoms with E-state index < -0.39 is 86.8 Å². The van der Waals surface area contributed by atoms with Crippen molar-refractivity contribution in [2.45, 2.75) is 376 Å². The lowest BCUT2D eigenvalue weighted by molar-refractivity contribution is -0.359. The van der Waals surface area contributed by atoms with Crippen LogP contribution in [0.25, 0.3) is 0 Å². The molecule has 0 bridgehead atoms. The molecule has 0 saturated carbocycles. The summed E-state index contributed by atoms with van der Waals surface area (Å²) in [5, 5.41) is 87.6. The third kappa shape index (κ3) is 48.8. The first-order valence-electron chi connectivity index (χ1n) is 39.3. The van der Waals surface area contributed by atoms with Crippen molar-refractivity contribution in [3.05, 3.63) is 122 Å². The van der Waals surface area contributed by atoms with Crippen molar-refractivity contribution in [3.63, 3.8) is 0 Å². The summed E-state index contributed by atoms with van der Waals surface area (Å²) in [6.07, 6.45) is 79.8. The van der Waals surface area contributed by atoms with Gasteiger partial charge in [0.2, 0.25) is 5.91 Å². The van der Waals surface area contributed by atoms with Crippen LogP contribution in [0.2, 0.25) is 0 Å². The molecule has 12 unspecified atom stereocenters. The van der Waals surface area contributed by atoms with E-state index in [0.717, 1.165) is 96.3 Å². The smallest absolute Gasteiger partial charge is 0.220 e. The number of hydrogen-bond donors (Lipinski definition) is 9. The van der Waals surface area contributed by atoms with Gasteiger partial charge in [0.05, 0.1) is 32.0 Å². The molecule has 2 aliphatic heterocycles. The maximum atomic E-state index is 13.4. The number of carbonyl (C=O) groups is 1. The van der Waals surface area contributed by atoms with Crippen LogP contribution in [0, 0.1) is 0 Å². The average Bonchev–Trinajstić information content (AvgIpc) is 0.793. The first-order chi connectivity index (χ1) is 47.6. The van der Waals surface area contributed by atoms with E-state index in [0.29, 0.717) is 12.8 Å². The van der Waals surface area contributed by atoms with E-state index in [1.54, 1.807) is 6.08 Å². The largest absolute Gasteiger partial charge is 0.394 e. The molecule has 0 aromatic heterocycles. The second kappa shape index (κ2) is 65.7. The van der Waals surface area contributed by atoms with Crippen LogP contribution in [0.1, 0.15) is 303 Å². The maximum absolute atomic E-state index is 13.4. The van der Waals surface area contributed by atoms with Crippen molar-refractivity contribution in [1.29, 1.82) is 0 Å². The first kappa shape index (κ1) is 89.5. The van der Waals surface area contributed by atoms with Crippen molar-refractivity contribution in [1.82, 2.24) is 5.32 Å². The molecule has 2 saturated heterocycles. The van der Waals surface area contributed by atoms with Gasteiger partial charge in [-0.1, -0.05) is 315 Å². The molecule has 2 aliphatic rings. The Balaban J connectivity index is 1.66. The molecule has 0 aromatic rings. The fourth-order valence-corrected chi connectivity index (χ4v) is 12.2. The molecule has 0 radical (unpaired) electrons. The molecule has 0 spiro atoms. The number of amides is 1. The average molecular weight is 1360 g/mol. The predicted molar refractivity (Wildman–Crippen MR) is 401 cm³/mol. The van der Waals surface area contributed by atoms with Crippen molar-refractivity contribution < 1.29 is 64.6 Å². The van der Waals surface area contributed by atoms with E-state index in [1.807, 2.05) is 6.08 Å². The number of unbranched alkanes of at least 4 members (excludes halogenated alkanes) is 33. The molecular formula is C83H143NO13. The number of carbonyl (C=O) groups excluding carboxylic acids is 1. The molecule has 0 aliphatic carbocycles. The van der Waals surface area contributed by atoms with E-state index in [4.69, 9.17) is 18.9 Å². The number of aliphatic hydroxyl groups is 8. The van der Waals surface area contributed by atoms with Crippen LogP contribution < -0.4 is 5.32 Å². The number of nitrogens with one attached hydrogen (secondary N) is 1. The molecule has 14 nitrogen and oxygen atoms in total. The molecule has 1 amide bonds. The summed E-state index contributed by atoms with van der Waals surface area (Å²) >= 11 is 0. The van der Waals surface area contributed by atoms with Gasteiger partial charge in [-0.15, -0.1) is 0 Å². The summed E-state index contributed by atoms with van der Waals surface area (Å²) in [6, 6.07) is -0.948. The van der Waals surface area contributed by atoms with Gasteiger partial charge in [0, 0.05) is 6.42 Å². The lowest BCUT2D eigenvalue weighted by Crippen LogP contribution is -2.65. The fourth-order valence-electron chi connectivity index (χ4n) is 12.2. The molecule has 558 valence electrons. The third-order valence-electron chi connectivity index (χ3n) is 18.4. The molecule has 12 atom stereocenters. The highest BCUT2D eigenvalue weighted by atomic mass is 16.7. The minimum absolute atomic E-state index is 0.256. The summed E-state index contributed by atoms with van der Waals surface area (Å²) in [7, 11) is 0. The van der Waals surface area contributed by atoms with E-state index in [9.17, 15) is 45.6 Å². The van der Waals surface area contributed by atoms with Crippen LogP contribution in [-0.2, 0) is 23.7 Å². The molecule has 2 fully saturated rings. The van der Waals surface area contributed by atoms with Gasteiger partial charge in [-0.25, -0.2) is 0 Å². The van der Waals surface area contributed by atoms with Crippen LogP contribution in [0.5, 0.6) is 0 Å². The highest BCUT2D eigenvalue weighted by Crippen LogP contribution is 2.30. The second-order valence-electron chi connectivity index (χ2n) is 27.1. The van der Waals surface area contributed by atoms with Crippen molar-refractivity contribution in [3.8, 4) is 0 Å². The van der Waals surface area contributed by atoms with E-state index in [1.165, 1.54) is 173 Å². The highest BCUT2D eigenvalue weighted by Gasteiger charge is 2.51. The number of aliphatic hydroxyl groups excluding tert-OH is 8. The minimum atomic E-state index is -1.80. The molecule has 97 heavy (non-hydrogen) atoms. The monoisotopic (exact) mass is 1360 g/mol. The molecule has 9 N–H and O–H groups in total. The maximum Gasteiger partial charge on any atom is 0.220 e. The zero-order valence-corrected chi connectivity index (χ0v) is 61.0. The van der Waals surface area contributed by atoms with Crippen LogP contribution in [-0.4, -0.2) is 140 Å². The van der Waals surface area contributed by atoms with Crippen LogP contribution in [0.15, 0.2) is 122 Å². The molecule has 14 heteroatoms. The normalized spacial score (nSPS) is 22.8. The summed E-state index contributed by atoms with van der Waals surface area (Å²) < 4.78 is 22.9. The Morgan fingerprint density at radius 1 is 0.381 bits per heavy atom. The minimum Gasteiger partial charge on any atom is -0.394 e. The van der Waals surface area contributed by atoms with Gasteiger partial charge < -0.3 is 65.1 Å². The SMILES string of the molecule is CC/C=C\C/C=C\C/C=C\C/C=C\C/C=C\C/C=C\C/C=C\CCCCCCCCCCCCCCCC(=O)NC(COC1OC(CO)C(OC2OC(CO)C(O)C(O)C2O)C(O)C1O)C(O)/C=C/CC/C=C/CC/C=C/CCCCCCCCCCCCCCCCCCCC. The van der Waals surface area contributed by atoms with E-state index in [2.05, 4.69) is 129 Å². The van der Waals surface area contributed by atoms with Crippen LogP contribution in [0.3, 0.4) is 0 Å². The predicted octanol–water partition coefficient (Wildman–Crippen LogP) is 17.6. The quantitative estimate of drug-likeness (QED) is 0.0204. The van der Waals surface area contributed by atoms with E-state index in [-0.39, 0.29) is 18.9 Å². The van der Waals surface area contributed by atoms with Crippen molar-refractivity contribution in [2.24, 2.45) is 0 Å². The molecule has 2 rings (SSSR count). The zero-order chi connectivity index (χ0) is 70.1. The Morgan fingerprint density at radius 3 is 1.13 bits per heavy atom. The Hall–Kier alpha value is -3.61. The number of ether oxygens (including phenoxy) is 4. The Bertz CT molecular complexity index is 2100. The third-order valence-corrected chi connectivity index (χ3v) is 18.4. The zero-order valence-electron chi connectivity index (χ0n) is 61.0. The molecule has 0 aromatic carbocycles. The van der Waals surface area contributed by atoms with Gasteiger partial charge in [0.1, 0.15) is 48.8 Å². The lowest BCUT2D eigenvalue weighted by atomic mass is 9.97. The topological polar surface area (TPSA) is 228 Å². The second-order valence-corrected chi connectivity index (χ2v) is 27.1. The number of rotatable bonds is 64. The molecule has 2 heterocycles. The number of allylic oxidation sites excluding steroid dienone is 19. The number of hydrogen-bond acceptors (Lipinski definition) is 13. The van der Waals surface area contributed by atoms with Gasteiger partial charge in [-0.3, -0.25) is 4.79 Å². The first-order valence-corrected chi connectivity index (χ1v) is 39.3. The summed E-state index contributed by atoms with van der Waals surface area (Å²) in [5.41, 5.74) is 0. The standard InChI is InChI=1S/C83H143NO13/c1-3-5-7-9-11-13-15-17-19-21-23-25-27-29-31-33-34-35-36-37-38-39-41-43-45-47-49-51-53-55-57-59-61-63-65-67-75(88)84-71(70-94-82-80(93)78(91)81(74(69-86)96-82)97-83-79(92)77(90)76(89)73(68-85)95-83)72(87)66-64-62-60-58-56-54-52-50-48-46-44-42-40-32-30-28-26-24-22-20-18-16-14-12-10-8-6-4-2/h5,7,11,13,17,19,23,25,29,31,34-35,37-38,48,50,56,58,64,66,71-74,76-83,85-87,89-93H,3-4,6,8-10,12,14-16,18,20-22,24,26-28,30,32-33,36,39-47,49,51-55,57,59-63,65,67-70H2,1-2H3,(H,84,88)/b7-5-,13-11-,19-17-,25-23-,31-29-,35-34-,38-37-,50-48+,58-56+,66-64+. The van der Waals surface area contributed by atoms with Gasteiger partial charge >= 0.3 is 0 Å². The molecular weight excluding hydrogens is 1220 g/mol. The van der Waals surface area contributed by atoms with Crippen molar-refractivity contribution in [2.75, 3.05) is 19.8 Å². The van der Waals surface area contributed by atoms with Gasteiger partial charge in [0.15, 0.2) is 12.6 Å². The Morgan fingerprint density at radius 2 is 0.722 bits per heavy atom. The highest BCUT2D eigenvalue weighted by molar-refractivity contribution is 5.76. The Labute approximate surface area is 590 Å². The van der Waals surface area contributed by atoms with E-state index >= 15 is 0 Å². The van der Waals surface area contributed by atoms with Crippen molar-refractivity contribution >= 4 is 5.91 Å². The van der Waals surface area contributed by atoms with Crippen LogP contribution in [0.4, 0.5) is 0 Å². The van der Waals surface area contributed by atoms with Gasteiger partial charge in [0.25, 0.3) is 0 Å². The summed E-state index contributed by atoms with van der Waals surface area (Å²) in [4.78, 5) is 13.4. The van der Waals surface area contributed by atoms with Gasteiger partial charge in [-0.05, 0) is 103 Å². The Kier molecular flexibility index (Phi) is 60.6. The lowest BCUT2D eigenvalue weighted by Gasteiger charge is -2.46. The van der Waals surface area contributed by atoms with Gasteiger partial charge in [-0.2, -0.15) is 0 Å². The summed E-state index contributed by atoms with van der Waals surface area (Å²) in [6.45, 7) is 2.69. The van der Waals surface area contributed by atoms with Crippen LogP contribution >= 0.6 is 0 Å².